The molecular weight excluding hydrogens is 305 g/mol. The second kappa shape index (κ2) is 6.26. The Hall–Kier alpha value is -0.740. The first-order valence-electron chi connectivity index (χ1n) is 5.33. The molecule has 1 rings (SSSR count). The number of rotatable bonds is 4. The van der Waals surface area contributed by atoms with Crippen molar-refractivity contribution in [1.29, 1.82) is 0 Å². The monoisotopic (exact) mass is 319 g/mol. The van der Waals surface area contributed by atoms with Gasteiger partial charge in [-0.2, -0.15) is 0 Å². The molecule has 2 N–H and O–H groups in total. The minimum absolute atomic E-state index is 0.00353. The van der Waals surface area contributed by atoms with Crippen molar-refractivity contribution < 1.29 is 9.90 Å². The van der Waals surface area contributed by atoms with Gasteiger partial charge in [-0.15, -0.1) is 11.6 Å². The van der Waals surface area contributed by atoms with Crippen LogP contribution < -0.4 is 5.32 Å². The third-order valence-corrected chi connectivity index (χ3v) is 2.93. The fourth-order valence-corrected chi connectivity index (χ4v) is 2.16. The number of benzene rings is 1. The van der Waals surface area contributed by atoms with Crippen LogP contribution in [0.4, 0.5) is 0 Å². The van der Waals surface area contributed by atoms with Gasteiger partial charge < -0.3 is 10.4 Å². The summed E-state index contributed by atoms with van der Waals surface area (Å²) >= 11 is 9.07. The topological polar surface area (TPSA) is 49.3 Å². The predicted molar refractivity (Wildman–Crippen MR) is 72.7 cm³/mol. The lowest BCUT2D eigenvalue weighted by Gasteiger charge is -2.15. The van der Waals surface area contributed by atoms with Gasteiger partial charge >= 0.3 is 0 Å². The van der Waals surface area contributed by atoms with Crippen molar-refractivity contribution in [3.63, 3.8) is 0 Å². The lowest BCUT2D eigenvalue weighted by Crippen LogP contribution is -2.33. The van der Waals surface area contributed by atoms with Crippen LogP contribution in [-0.2, 0) is 0 Å². The number of carbonyl (C=O) groups is 1. The lowest BCUT2D eigenvalue weighted by atomic mass is 10.1. The summed E-state index contributed by atoms with van der Waals surface area (Å²) in [4.78, 5) is 11.8. The van der Waals surface area contributed by atoms with Crippen molar-refractivity contribution in [3.05, 3.63) is 28.2 Å². The summed E-state index contributed by atoms with van der Waals surface area (Å²) in [5.74, 6) is -0.331. The molecule has 94 valence electrons. The smallest absolute Gasteiger partial charge is 0.255 e. The van der Waals surface area contributed by atoms with Gasteiger partial charge in [0, 0.05) is 15.9 Å². The molecule has 0 aliphatic rings. The van der Waals surface area contributed by atoms with Gasteiger partial charge in [-0.05, 0) is 38.5 Å². The molecular formula is C12H15BrClNO2. The van der Waals surface area contributed by atoms with E-state index in [1.54, 1.807) is 12.1 Å². The Balaban J connectivity index is 2.70. The van der Waals surface area contributed by atoms with Crippen LogP contribution in [0.15, 0.2) is 22.7 Å². The summed E-state index contributed by atoms with van der Waals surface area (Å²) in [6.45, 7) is 3.76. The van der Waals surface area contributed by atoms with Crippen molar-refractivity contribution in [3.8, 4) is 5.75 Å². The van der Waals surface area contributed by atoms with Gasteiger partial charge in [-0.1, -0.05) is 15.9 Å². The van der Waals surface area contributed by atoms with E-state index in [0.29, 0.717) is 6.42 Å². The van der Waals surface area contributed by atoms with Gasteiger partial charge in [0.25, 0.3) is 5.91 Å². The van der Waals surface area contributed by atoms with Gasteiger partial charge in [-0.25, -0.2) is 0 Å². The van der Waals surface area contributed by atoms with Gasteiger partial charge in [0.2, 0.25) is 0 Å². The van der Waals surface area contributed by atoms with Crippen LogP contribution in [0.25, 0.3) is 0 Å². The number of amides is 1. The van der Waals surface area contributed by atoms with Crippen LogP contribution in [0, 0.1) is 0 Å². The summed E-state index contributed by atoms with van der Waals surface area (Å²) in [6, 6.07) is 4.75. The molecule has 2 unspecified atom stereocenters. The van der Waals surface area contributed by atoms with Crippen molar-refractivity contribution in [2.24, 2.45) is 0 Å². The normalized spacial score (nSPS) is 14.1. The van der Waals surface area contributed by atoms with Gasteiger partial charge in [-0.3, -0.25) is 4.79 Å². The Bertz CT molecular complexity index is 409. The average molecular weight is 321 g/mol. The first-order valence-corrected chi connectivity index (χ1v) is 6.56. The highest BCUT2D eigenvalue weighted by Gasteiger charge is 2.14. The van der Waals surface area contributed by atoms with Crippen molar-refractivity contribution in [1.82, 2.24) is 5.32 Å². The third kappa shape index (κ3) is 4.56. The molecule has 17 heavy (non-hydrogen) atoms. The number of nitrogens with one attached hydrogen (secondary N) is 1. The molecule has 0 bridgehead atoms. The van der Waals surface area contributed by atoms with Crippen LogP contribution in [-0.4, -0.2) is 22.4 Å². The SMILES string of the molecule is CC(Cl)CC(C)NC(=O)c1ccc(Br)cc1O. The second-order valence-electron chi connectivity index (χ2n) is 4.05. The highest BCUT2D eigenvalue weighted by molar-refractivity contribution is 9.10. The van der Waals surface area contributed by atoms with E-state index in [1.165, 1.54) is 6.07 Å². The zero-order valence-corrected chi connectivity index (χ0v) is 12.0. The number of hydrogen-bond acceptors (Lipinski definition) is 2. The fraction of sp³-hybridized carbons (Fsp3) is 0.417. The van der Waals surface area contributed by atoms with Crippen molar-refractivity contribution >= 4 is 33.4 Å². The Morgan fingerprint density at radius 1 is 1.53 bits per heavy atom. The molecule has 0 aliphatic carbocycles. The number of aromatic hydroxyl groups is 1. The van der Waals surface area contributed by atoms with E-state index in [0.717, 1.165) is 4.47 Å². The Kier molecular flexibility index (Phi) is 5.28. The van der Waals surface area contributed by atoms with Crippen LogP contribution in [0.2, 0.25) is 0 Å². The second-order valence-corrected chi connectivity index (χ2v) is 5.71. The van der Waals surface area contributed by atoms with E-state index in [1.807, 2.05) is 13.8 Å². The average Bonchev–Trinajstić information content (AvgIpc) is 2.15. The van der Waals surface area contributed by atoms with Crippen LogP contribution in [0.3, 0.4) is 0 Å². The molecule has 0 heterocycles. The lowest BCUT2D eigenvalue weighted by molar-refractivity contribution is 0.0936. The largest absolute Gasteiger partial charge is 0.507 e. The maximum atomic E-state index is 11.8. The molecule has 0 aliphatic heterocycles. The quantitative estimate of drug-likeness (QED) is 0.836. The molecule has 3 nitrogen and oxygen atoms in total. The molecule has 0 spiro atoms. The van der Waals surface area contributed by atoms with E-state index in [4.69, 9.17) is 11.6 Å². The third-order valence-electron chi connectivity index (χ3n) is 2.26. The maximum absolute atomic E-state index is 11.8. The first kappa shape index (κ1) is 14.3. The minimum Gasteiger partial charge on any atom is -0.507 e. The zero-order valence-electron chi connectivity index (χ0n) is 9.71. The molecule has 0 saturated carbocycles. The summed E-state index contributed by atoms with van der Waals surface area (Å²) in [6.07, 6.45) is 0.685. The number of carbonyl (C=O) groups excluding carboxylic acids is 1. The Labute approximate surface area is 114 Å². The van der Waals surface area contributed by atoms with Crippen LogP contribution >= 0.6 is 27.5 Å². The van der Waals surface area contributed by atoms with Crippen LogP contribution in [0.1, 0.15) is 30.6 Å². The number of phenolic OH excluding ortho intramolecular Hbond substituents is 1. The fourth-order valence-electron chi connectivity index (χ4n) is 1.54. The molecule has 0 radical (unpaired) electrons. The highest BCUT2D eigenvalue weighted by atomic mass is 79.9. The molecule has 1 amide bonds. The van der Waals surface area contributed by atoms with E-state index in [2.05, 4.69) is 21.2 Å². The summed E-state index contributed by atoms with van der Waals surface area (Å²) in [5, 5.41) is 12.4. The molecule has 1 aromatic carbocycles. The molecule has 1 aromatic rings. The van der Waals surface area contributed by atoms with E-state index in [-0.39, 0.29) is 28.6 Å². The molecule has 0 fully saturated rings. The van der Waals surface area contributed by atoms with Crippen molar-refractivity contribution in [2.45, 2.75) is 31.7 Å². The summed E-state index contributed by atoms with van der Waals surface area (Å²) in [7, 11) is 0. The standard InChI is InChI=1S/C12H15BrClNO2/c1-7(14)5-8(2)15-12(17)10-4-3-9(13)6-11(10)16/h3-4,6-8,16H,5H2,1-2H3,(H,15,17). The Morgan fingerprint density at radius 3 is 2.71 bits per heavy atom. The zero-order chi connectivity index (χ0) is 13.0. The predicted octanol–water partition coefficient (Wildman–Crippen LogP) is 3.29. The number of phenols is 1. The highest BCUT2D eigenvalue weighted by Crippen LogP contribution is 2.22. The molecule has 0 aromatic heterocycles. The molecule has 2 atom stereocenters. The Morgan fingerprint density at radius 2 is 2.18 bits per heavy atom. The van der Waals surface area contributed by atoms with Crippen molar-refractivity contribution in [2.75, 3.05) is 0 Å². The maximum Gasteiger partial charge on any atom is 0.255 e. The van der Waals surface area contributed by atoms with E-state index >= 15 is 0 Å². The number of hydrogen-bond donors (Lipinski definition) is 2. The van der Waals surface area contributed by atoms with Gasteiger partial charge in [0.05, 0.1) is 5.56 Å². The van der Waals surface area contributed by atoms with Gasteiger partial charge in [0.1, 0.15) is 5.75 Å². The summed E-state index contributed by atoms with van der Waals surface area (Å²) in [5.41, 5.74) is 0.266. The molecule has 5 heteroatoms. The van der Waals surface area contributed by atoms with E-state index < -0.39 is 0 Å². The molecule has 0 saturated heterocycles. The number of alkyl halides is 1. The van der Waals surface area contributed by atoms with Gasteiger partial charge in [0.15, 0.2) is 0 Å². The van der Waals surface area contributed by atoms with Crippen LogP contribution in [0.5, 0.6) is 5.75 Å². The number of halogens is 2. The first-order chi connectivity index (χ1) is 7.90. The summed E-state index contributed by atoms with van der Waals surface area (Å²) < 4.78 is 0.731. The van der Waals surface area contributed by atoms with E-state index in [9.17, 15) is 9.90 Å². The minimum atomic E-state index is -0.292.